The van der Waals surface area contributed by atoms with Crippen molar-refractivity contribution in [3.05, 3.63) is 24.3 Å². The number of hydrogen-bond acceptors (Lipinski definition) is 4. The van der Waals surface area contributed by atoms with Crippen molar-refractivity contribution >= 4 is 27.3 Å². The lowest BCUT2D eigenvalue weighted by atomic mass is 9.86. The minimum atomic E-state index is -3.18. The Kier molecular flexibility index (Phi) is 6.42. The lowest BCUT2D eigenvalue weighted by Crippen LogP contribution is -2.41. The number of nitrogens with zero attached hydrogens (tertiary/aromatic N) is 1. The molecule has 0 unspecified atom stereocenters. The molecule has 1 aliphatic carbocycles. The zero-order chi connectivity index (χ0) is 19.4. The predicted octanol–water partition coefficient (Wildman–Crippen LogP) is 3.11. The van der Waals surface area contributed by atoms with Crippen LogP contribution < -0.4 is 14.9 Å². The molecular formula is C20H31N3O3S. The second-order valence-electron chi connectivity index (χ2n) is 8.01. The number of rotatable bonds is 7. The first-order valence-corrected chi connectivity index (χ1v) is 11.6. The molecule has 150 valence electrons. The van der Waals surface area contributed by atoms with Crippen molar-refractivity contribution < 1.29 is 13.2 Å². The van der Waals surface area contributed by atoms with Crippen LogP contribution in [0.2, 0.25) is 0 Å². The van der Waals surface area contributed by atoms with Crippen LogP contribution in [0.3, 0.4) is 0 Å². The first-order valence-electron chi connectivity index (χ1n) is 10.0. The summed E-state index contributed by atoms with van der Waals surface area (Å²) in [7, 11) is -3.18. The molecule has 0 atom stereocenters. The summed E-state index contributed by atoms with van der Waals surface area (Å²) in [5, 5.41) is 3.10. The molecule has 0 spiro atoms. The zero-order valence-electron chi connectivity index (χ0n) is 16.3. The first-order chi connectivity index (χ1) is 12.8. The van der Waals surface area contributed by atoms with Crippen molar-refractivity contribution in [3.63, 3.8) is 0 Å². The van der Waals surface area contributed by atoms with Crippen LogP contribution in [0.5, 0.6) is 0 Å². The monoisotopic (exact) mass is 393 g/mol. The molecule has 1 amide bonds. The fourth-order valence-electron chi connectivity index (χ4n) is 3.80. The quantitative estimate of drug-likeness (QED) is 0.746. The molecule has 7 heteroatoms. The van der Waals surface area contributed by atoms with Crippen molar-refractivity contribution in [2.45, 2.75) is 63.7 Å². The third-order valence-corrected chi connectivity index (χ3v) is 7.55. The molecule has 0 radical (unpaired) electrons. The molecule has 2 N–H and O–H groups in total. The maximum absolute atomic E-state index is 12.0. The van der Waals surface area contributed by atoms with Gasteiger partial charge in [0.2, 0.25) is 15.9 Å². The summed E-state index contributed by atoms with van der Waals surface area (Å²) in [5.41, 5.74) is 2.04. The van der Waals surface area contributed by atoms with Gasteiger partial charge in [0.25, 0.3) is 0 Å². The Labute approximate surface area is 162 Å². The smallest absolute Gasteiger partial charge is 0.227 e. The number of amides is 1. The van der Waals surface area contributed by atoms with Gasteiger partial charge in [-0.3, -0.25) is 4.79 Å². The molecule has 27 heavy (non-hydrogen) atoms. The lowest BCUT2D eigenvalue weighted by Gasteiger charge is -2.29. The highest BCUT2D eigenvalue weighted by atomic mass is 32.2. The van der Waals surface area contributed by atoms with Gasteiger partial charge < -0.3 is 10.2 Å². The molecule has 0 bridgehead atoms. The van der Waals surface area contributed by atoms with Crippen LogP contribution in [0, 0.1) is 5.92 Å². The Morgan fingerprint density at radius 1 is 1.11 bits per heavy atom. The number of carbonyl (C=O) groups is 1. The van der Waals surface area contributed by atoms with Gasteiger partial charge in [-0.25, -0.2) is 13.1 Å². The van der Waals surface area contributed by atoms with Crippen LogP contribution in [0.15, 0.2) is 24.3 Å². The Hall–Kier alpha value is -1.60. The number of benzene rings is 1. The zero-order valence-corrected chi connectivity index (χ0v) is 17.1. The Bertz CT molecular complexity index is 738. The summed E-state index contributed by atoms with van der Waals surface area (Å²) >= 11 is 0. The third-order valence-electron chi connectivity index (χ3n) is 5.65. The van der Waals surface area contributed by atoms with Gasteiger partial charge in [-0.05, 0) is 76.1 Å². The van der Waals surface area contributed by atoms with E-state index in [0.29, 0.717) is 12.3 Å². The van der Waals surface area contributed by atoms with Crippen molar-refractivity contribution in [2.24, 2.45) is 5.92 Å². The molecule has 3 rings (SSSR count). The van der Waals surface area contributed by atoms with Crippen LogP contribution in [0.1, 0.15) is 52.4 Å². The summed E-state index contributed by atoms with van der Waals surface area (Å²) < 4.78 is 26.8. The van der Waals surface area contributed by atoms with E-state index < -0.39 is 10.0 Å². The summed E-state index contributed by atoms with van der Waals surface area (Å²) in [6.45, 7) is 5.13. The van der Waals surface area contributed by atoms with Gasteiger partial charge in [0.05, 0.1) is 5.25 Å². The highest BCUT2D eigenvalue weighted by Gasteiger charge is 2.26. The van der Waals surface area contributed by atoms with E-state index in [0.717, 1.165) is 56.6 Å². The van der Waals surface area contributed by atoms with Gasteiger partial charge in [-0.2, -0.15) is 0 Å². The largest absolute Gasteiger partial charge is 0.385 e. The molecule has 1 aliphatic heterocycles. The summed E-state index contributed by atoms with van der Waals surface area (Å²) in [5.74, 6) is 0.769. The minimum Gasteiger partial charge on any atom is -0.385 e. The third kappa shape index (κ3) is 5.23. The Morgan fingerprint density at radius 3 is 2.33 bits per heavy atom. The average Bonchev–Trinajstić information content (AvgIpc) is 3.07. The molecule has 2 fully saturated rings. The minimum absolute atomic E-state index is 0.0749. The maximum Gasteiger partial charge on any atom is 0.227 e. The van der Waals surface area contributed by atoms with Gasteiger partial charge in [-0.1, -0.05) is 0 Å². The second-order valence-corrected chi connectivity index (χ2v) is 10.3. The number of hydrogen-bond donors (Lipinski definition) is 2. The van der Waals surface area contributed by atoms with E-state index in [-0.39, 0.29) is 17.2 Å². The summed E-state index contributed by atoms with van der Waals surface area (Å²) in [4.78, 5) is 13.7. The van der Waals surface area contributed by atoms with E-state index in [9.17, 15) is 13.2 Å². The van der Waals surface area contributed by atoms with Gasteiger partial charge in [0.15, 0.2) is 0 Å². The predicted molar refractivity (Wildman–Crippen MR) is 109 cm³/mol. The highest BCUT2D eigenvalue weighted by Crippen LogP contribution is 2.27. The van der Waals surface area contributed by atoms with Crippen molar-refractivity contribution in [1.82, 2.24) is 4.72 Å². The molecule has 1 heterocycles. The summed E-state index contributed by atoms with van der Waals surface area (Å²) in [6.07, 6.45) is 5.44. The molecule has 1 aromatic carbocycles. The molecule has 1 saturated carbocycles. The van der Waals surface area contributed by atoms with Crippen molar-refractivity contribution in [2.75, 3.05) is 23.3 Å². The standard InChI is InChI=1S/C20H31N3O3S/c1-15(2)27(25,26)22-18-7-5-16(6-8-18)14-21-17-9-11-19(12-10-17)23-13-3-4-20(23)24/h9-12,15-16,18,21-22H,3-8,13-14H2,1-2H3/t16-,18-. The van der Waals surface area contributed by atoms with Gasteiger partial charge >= 0.3 is 0 Å². The number of anilines is 2. The van der Waals surface area contributed by atoms with E-state index in [1.807, 2.05) is 29.2 Å². The molecular weight excluding hydrogens is 362 g/mol. The maximum atomic E-state index is 12.0. The lowest BCUT2D eigenvalue weighted by molar-refractivity contribution is -0.117. The Morgan fingerprint density at radius 2 is 1.78 bits per heavy atom. The van der Waals surface area contributed by atoms with Gasteiger partial charge in [0, 0.05) is 36.9 Å². The van der Waals surface area contributed by atoms with Gasteiger partial charge in [-0.15, -0.1) is 0 Å². The summed E-state index contributed by atoms with van der Waals surface area (Å²) in [6, 6.07) is 8.14. The van der Waals surface area contributed by atoms with E-state index in [2.05, 4.69) is 10.0 Å². The van der Waals surface area contributed by atoms with E-state index in [1.54, 1.807) is 13.8 Å². The van der Waals surface area contributed by atoms with E-state index >= 15 is 0 Å². The van der Waals surface area contributed by atoms with Gasteiger partial charge in [0.1, 0.15) is 0 Å². The molecule has 6 nitrogen and oxygen atoms in total. The molecule has 1 aromatic rings. The second kappa shape index (κ2) is 8.61. The SMILES string of the molecule is CC(C)S(=O)(=O)N[C@H]1CC[C@H](CNc2ccc(N3CCCC3=O)cc2)CC1. The fourth-order valence-corrected chi connectivity index (χ4v) is 4.77. The van der Waals surface area contributed by atoms with E-state index in [4.69, 9.17) is 0 Å². The van der Waals surface area contributed by atoms with Crippen LogP contribution in [0.25, 0.3) is 0 Å². The van der Waals surface area contributed by atoms with Crippen LogP contribution in [-0.2, 0) is 14.8 Å². The number of carbonyl (C=O) groups excluding carboxylic acids is 1. The normalized spacial score (nSPS) is 23.8. The average molecular weight is 394 g/mol. The molecule has 0 aromatic heterocycles. The Balaban J connectivity index is 1.43. The number of nitrogens with one attached hydrogen (secondary N) is 2. The topological polar surface area (TPSA) is 78.5 Å². The van der Waals surface area contributed by atoms with Crippen LogP contribution >= 0.6 is 0 Å². The first kappa shape index (κ1) is 20.1. The fraction of sp³-hybridized carbons (Fsp3) is 0.650. The highest BCUT2D eigenvalue weighted by molar-refractivity contribution is 7.90. The van der Waals surface area contributed by atoms with Crippen LogP contribution in [0.4, 0.5) is 11.4 Å². The van der Waals surface area contributed by atoms with Crippen LogP contribution in [-0.4, -0.2) is 38.7 Å². The van der Waals surface area contributed by atoms with E-state index in [1.165, 1.54) is 0 Å². The molecule has 2 aliphatic rings. The molecule has 1 saturated heterocycles. The van der Waals surface area contributed by atoms with Crippen molar-refractivity contribution in [3.8, 4) is 0 Å². The number of sulfonamides is 1. The van der Waals surface area contributed by atoms with Crippen molar-refractivity contribution in [1.29, 1.82) is 0 Å².